The van der Waals surface area contributed by atoms with E-state index in [9.17, 15) is 8.42 Å². The van der Waals surface area contributed by atoms with Gasteiger partial charge in [0.05, 0.1) is 4.99 Å². The van der Waals surface area contributed by atoms with Crippen LogP contribution in [0.4, 0.5) is 0 Å². The summed E-state index contributed by atoms with van der Waals surface area (Å²) < 4.78 is 26.0. The Morgan fingerprint density at radius 3 is 2.81 bits per heavy atom. The molecule has 94 valence electrons. The molecular weight excluding hydrogens is 264 g/mol. The van der Waals surface area contributed by atoms with E-state index in [1.165, 1.54) is 0 Å². The second-order valence-electron chi connectivity index (χ2n) is 3.87. The number of rotatable bonds is 6. The van der Waals surface area contributed by atoms with Crippen molar-refractivity contribution in [3.63, 3.8) is 0 Å². The van der Waals surface area contributed by atoms with Gasteiger partial charge in [0.1, 0.15) is 5.75 Å². The zero-order valence-electron chi connectivity index (χ0n) is 9.31. The summed E-state index contributed by atoms with van der Waals surface area (Å²) in [4.78, 5) is 0.0187. The van der Waals surface area contributed by atoms with Gasteiger partial charge in [-0.2, -0.15) is 11.8 Å². The predicted octanol–water partition coefficient (Wildman–Crippen LogP) is 0.866. The van der Waals surface area contributed by atoms with Crippen molar-refractivity contribution in [2.45, 2.75) is 37.5 Å². The number of nitrogens with one attached hydrogen (secondary N) is 1. The first-order chi connectivity index (χ1) is 7.44. The fourth-order valence-electron chi connectivity index (χ4n) is 1.93. The first-order valence-corrected chi connectivity index (χ1v) is 8.45. The van der Waals surface area contributed by atoms with Crippen LogP contribution in [0.5, 0.6) is 0 Å². The van der Waals surface area contributed by atoms with Gasteiger partial charge in [-0.05, 0) is 18.6 Å². The average Bonchev–Trinajstić information content (AvgIpc) is 2.50. The lowest BCUT2D eigenvalue weighted by atomic mass is 10.3. The highest BCUT2D eigenvalue weighted by Gasteiger charge is 2.30. The third-order valence-electron chi connectivity index (χ3n) is 2.50. The van der Waals surface area contributed by atoms with E-state index >= 15 is 0 Å². The van der Waals surface area contributed by atoms with Gasteiger partial charge in [0.15, 0.2) is 0 Å². The Labute approximate surface area is 107 Å². The zero-order chi connectivity index (χ0) is 12.2. The van der Waals surface area contributed by atoms with Gasteiger partial charge in [-0.1, -0.05) is 25.6 Å². The first-order valence-electron chi connectivity index (χ1n) is 5.34. The molecule has 0 saturated heterocycles. The van der Waals surface area contributed by atoms with Crippen LogP contribution in [0.1, 0.15) is 26.2 Å². The van der Waals surface area contributed by atoms with Gasteiger partial charge in [0.2, 0.25) is 10.0 Å². The quantitative estimate of drug-likeness (QED) is 0.707. The molecular formula is C9H18N2O2S3. The third-order valence-corrected chi connectivity index (χ3v) is 5.50. The molecule has 2 unspecified atom stereocenters. The second kappa shape index (κ2) is 6.18. The summed E-state index contributed by atoms with van der Waals surface area (Å²) >= 11 is 6.43. The summed E-state index contributed by atoms with van der Waals surface area (Å²) in [5.74, 6) is 0.764. The monoisotopic (exact) mass is 282 g/mol. The van der Waals surface area contributed by atoms with E-state index in [0.717, 1.165) is 25.0 Å². The van der Waals surface area contributed by atoms with E-state index in [1.807, 2.05) is 11.8 Å². The maximum atomic E-state index is 11.7. The standard InChI is InChI=1S/C9H18N2O2S3/c1-2-15-8-5-3-4-7(8)11-16(12,13)6-9(10)14/h7-8,11H,2-6H2,1H3,(H2,10,14). The first kappa shape index (κ1) is 14.2. The van der Waals surface area contributed by atoms with E-state index in [0.29, 0.717) is 5.25 Å². The number of nitrogens with two attached hydrogens (primary N) is 1. The fourth-order valence-corrected chi connectivity index (χ4v) is 4.88. The zero-order valence-corrected chi connectivity index (χ0v) is 11.8. The summed E-state index contributed by atoms with van der Waals surface area (Å²) in [5.41, 5.74) is 5.25. The Bertz CT molecular complexity index is 343. The van der Waals surface area contributed by atoms with E-state index in [4.69, 9.17) is 5.73 Å². The van der Waals surface area contributed by atoms with Crippen LogP contribution in [-0.4, -0.2) is 36.2 Å². The molecule has 1 saturated carbocycles. The van der Waals surface area contributed by atoms with Gasteiger partial charge in [-0.3, -0.25) is 0 Å². The van der Waals surface area contributed by atoms with Crippen LogP contribution in [0.25, 0.3) is 0 Å². The molecule has 0 bridgehead atoms. The van der Waals surface area contributed by atoms with Crippen LogP contribution in [0.15, 0.2) is 0 Å². The second-order valence-corrected chi connectivity index (χ2v) is 7.67. The van der Waals surface area contributed by atoms with Gasteiger partial charge in [-0.25, -0.2) is 13.1 Å². The lowest BCUT2D eigenvalue weighted by molar-refractivity contribution is 0.559. The summed E-state index contributed by atoms with van der Waals surface area (Å²) in [5, 5.41) is 0.395. The maximum Gasteiger partial charge on any atom is 0.218 e. The van der Waals surface area contributed by atoms with Crippen LogP contribution in [-0.2, 0) is 10.0 Å². The van der Waals surface area contributed by atoms with Crippen LogP contribution in [0.3, 0.4) is 0 Å². The number of thioether (sulfide) groups is 1. The largest absolute Gasteiger partial charge is 0.392 e. The highest BCUT2D eigenvalue weighted by molar-refractivity contribution is 8.00. The molecule has 0 heterocycles. The Morgan fingerprint density at radius 1 is 1.56 bits per heavy atom. The summed E-state index contributed by atoms with van der Waals surface area (Å²) in [6, 6.07) is 0.0456. The van der Waals surface area contributed by atoms with E-state index in [2.05, 4.69) is 23.9 Å². The van der Waals surface area contributed by atoms with Crippen molar-refractivity contribution in [3.05, 3.63) is 0 Å². The molecule has 1 aliphatic rings. The SMILES string of the molecule is CCSC1CCCC1NS(=O)(=O)CC(N)=S. The predicted molar refractivity (Wildman–Crippen MR) is 73.3 cm³/mol. The number of hydrogen-bond donors (Lipinski definition) is 2. The number of sulfonamides is 1. The molecule has 0 aromatic rings. The third kappa shape index (κ3) is 4.57. The smallest absolute Gasteiger partial charge is 0.218 e. The molecule has 0 aliphatic heterocycles. The van der Waals surface area contributed by atoms with Crippen LogP contribution in [0, 0.1) is 0 Å². The molecule has 2 atom stereocenters. The molecule has 0 aromatic heterocycles. The normalized spacial score (nSPS) is 25.8. The number of hydrogen-bond acceptors (Lipinski definition) is 4. The Hall–Kier alpha value is 0.150. The van der Waals surface area contributed by atoms with Gasteiger partial charge in [-0.15, -0.1) is 0 Å². The van der Waals surface area contributed by atoms with Crippen molar-refractivity contribution < 1.29 is 8.42 Å². The highest BCUT2D eigenvalue weighted by atomic mass is 32.2. The molecule has 0 amide bonds. The minimum absolute atomic E-state index is 0.0187. The lowest BCUT2D eigenvalue weighted by Crippen LogP contribution is -2.42. The minimum atomic E-state index is -3.35. The van der Waals surface area contributed by atoms with Gasteiger partial charge < -0.3 is 5.73 Å². The van der Waals surface area contributed by atoms with Crippen molar-refractivity contribution in [3.8, 4) is 0 Å². The molecule has 0 spiro atoms. The van der Waals surface area contributed by atoms with Crippen LogP contribution in [0.2, 0.25) is 0 Å². The molecule has 1 rings (SSSR count). The number of thiocarbonyl (C=S) groups is 1. The summed E-state index contributed by atoms with van der Waals surface area (Å²) in [7, 11) is -3.35. The van der Waals surface area contributed by atoms with E-state index in [1.54, 1.807) is 0 Å². The van der Waals surface area contributed by atoms with Crippen LogP contribution >= 0.6 is 24.0 Å². The van der Waals surface area contributed by atoms with Crippen molar-refractivity contribution in [2.24, 2.45) is 5.73 Å². The van der Waals surface area contributed by atoms with E-state index < -0.39 is 10.0 Å². The molecule has 16 heavy (non-hydrogen) atoms. The topological polar surface area (TPSA) is 72.2 Å². The van der Waals surface area contributed by atoms with Crippen molar-refractivity contribution in [2.75, 3.05) is 11.5 Å². The van der Waals surface area contributed by atoms with Gasteiger partial charge >= 0.3 is 0 Å². The van der Waals surface area contributed by atoms with Crippen LogP contribution < -0.4 is 10.5 Å². The van der Waals surface area contributed by atoms with Crippen molar-refractivity contribution in [1.82, 2.24) is 4.72 Å². The lowest BCUT2D eigenvalue weighted by Gasteiger charge is -2.19. The summed E-state index contributed by atoms with van der Waals surface area (Å²) in [6.45, 7) is 2.09. The minimum Gasteiger partial charge on any atom is -0.392 e. The van der Waals surface area contributed by atoms with Gasteiger partial charge in [0.25, 0.3) is 0 Å². The average molecular weight is 282 g/mol. The Balaban J connectivity index is 2.55. The molecule has 0 aromatic carbocycles. The Kier molecular flexibility index (Phi) is 5.49. The molecule has 1 aliphatic carbocycles. The molecule has 7 heteroatoms. The molecule has 4 nitrogen and oxygen atoms in total. The summed E-state index contributed by atoms with van der Waals surface area (Å²) in [6.07, 6.45) is 3.07. The van der Waals surface area contributed by atoms with E-state index in [-0.39, 0.29) is 16.8 Å². The molecule has 1 fully saturated rings. The molecule has 3 N–H and O–H groups in total. The van der Waals surface area contributed by atoms with Crippen molar-refractivity contribution >= 4 is 39.0 Å². The maximum absolute atomic E-state index is 11.7. The van der Waals surface area contributed by atoms with Crippen molar-refractivity contribution in [1.29, 1.82) is 0 Å². The molecule has 0 radical (unpaired) electrons. The highest BCUT2D eigenvalue weighted by Crippen LogP contribution is 2.30. The van der Waals surface area contributed by atoms with Gasteiger partial charge in [0, 0.05) is 11.3 Å². The fraction of sp³-hybridized carbons (Fsp3) is 0.889. The Morgan fingerprint density at radius 2 is 2.25 bits per heavy atom.